The standard InChI is InChI=1S/C21H28N4O4/c1-4-27-18-11-15-10-14(2)29-19(15)12-16(18)13-25-21(22-3)24-8-7-23-20(26)17-6-5-9-28-17/h5-6,9,11-12,14H,4,7-8,10,13H2,1-3H3,(H,23,26)(H2,22,24,25). The predicted molar refractivity (Wildman–Crippen MR) is 111 cm³/mol. The third-order valence-electron chi connectivity index (χ3n) is 4.50. The van der Waals surface area contributed by atoms with Crippen molar-refractivity contribution in [1.29, 1.82) is 0 Å². The zero-order valence-electron chi connectivity index (χ0n) is 17.1. The molecule has 0 bridgehead atoms. The number of rotatable bonds is 8. The Labute approximate surface area is 170 Å². The van der Waals surface area contributed by atoms with E-state index in [1.54, 1.807) is 19.2 Å². The molecule has 1 aromatic heterocycles. The fourth-order valence-corrected chi connectivity index (χ4v) is 3.16. The molecule has 0 spiro atoms. The number of amides is 1. The second-order valence-corrected chi connectivity index (χ2v) is 6.72. The fraction of sp³-hybridized carbons (Fsp3) is 0.429. The van der Waals surface area contributed by atoms with E-state index in [1.807, 2.05) is 13.0 Å². The van der Waals surface area contributed by atoms with E-state index in [4.69, 9.17) is 13.9 Å². The number of benzene rings is 1. The molecule has 1 atom stereocenters. The van der Waals surface area contributed by atoms with Crippen molar-refractivity contribution in [2.75, 3.05) is 26.7 Å². The molecule has 0 aliphatic carbocycles. The van der Waals surface area contributed by atoms with Gasteiger partial charge in [-0.15, -0.1) is 0 Å². The lowest BCUT2D eigenvalue weighted by atomic mass is 10.1. The number of carbonyl (C=O) groups is 1. The van der Waals surface area contributed by atoms with Crippen LogP contribution in [0.5, 0.6) is 11.5 Å². The minimum absolute atomic E-state index is 0.188. The summed E-state index contributed by atoms with van der Waals surface area (Å²) in [5.41, 5.74) is 2.19. The zero-order valence-corrected chi connectivity index (χ0v) is 17.1. The number of furan rings is 1. The van der Waals surface area contributed by atoms with Gasteiger partial charge in [-0.3, -0.25) is 9.79 Å². The Morgan fingerprint density at radius 2 is 2.10 bits per heavy atom. The number of guanidine groups is 1. The van der Waals surface area contributed by atoms with Crippen LogP contribution in [0.4, 0.5) is 0 Å². The number of fused-ring (bicyclic) bond motifs is 1. The van der Waals surface area contributed by atoms with E-state index in [0.717, 1.165) is 23.5 Å². The van der Waals surface area contributed by atoms with E-state index in [2.05, 4.69) is 33.9 Å². The van der Waals surface area contributed by atoms with Gasteiger partial charge in [0.2, 0.25) is 0 Å². The Morgan fingerprint density at radius 3 is 2.83 bits per heavy atom. The van der Waals surface area contributed by atoms with E-state index >= 15 is 0 Å². The summed E-state index contributed by atoms with van der Waals surface area (Å²) >= 11 is 0. The molecule has 8 nitrogen and oxygen atoms in total. The molecule has 0 saturated carbocycles. The molecule has 1 aliphatic heterocycles. The lowest BCUT2D eigenvalue weighted by Gasteiger charge is -2.16. The van der Waals surface area contributed by atoms with Crippen molar-refractivity contribution in [1.82, 2.24) is 16.0 Å². The number of hydrogen-bond donors (Lipinski definition) is 3. The molecule has 1 aromatic carbocycles. The molecule has 1 unspecified atom stereocenters. The van der Waals surface area contributed by atoms with Crippen molar-refractivity contribution in [3.05, 3.63) is 47.4 Å². The highest BCUT2D eigenvalue weighted by molar-refractivity contribution is 5.91. The molecule has 0 radical (unpaired) electrons. The largest absolute Gasteiger partial charge is 0.494 e. The van der Waals surface area contributed by atoms with E-state index < -0.39 is 0 Å². The predicted octanol–water partition coefficient (Wildman–Crippen LogP) is 2.10. The van der Waals surface area contributed by atoms with Gasteiger partial charge in [-0.25, -0.2) is 0 Å². The minimum atomic E-state index is -0.242. The third kappa shape index (κ3) is 5.43. The molecular formula is C21H28N4O4. The maximum absolute atomic E-state index is 11.8. The van der Waals surface area contributed by atoms with Gasteiger partial charge in [-0.05, 0) is 38.1 Å². The monoisotopic (exact) mass is 400 g/mol. The summed E-state index contributed by atoms with van der Waals surface area (Å²) in [5, 5.41) is 9.23. The highest BCUT2D eigenvalue weighted by atomic mass is 16.5. The van der Waals surface area contributed by atoms with Gasteiger partial charge < -0.3 is 29.8 Å². The first-order valence-electron chi connectivity index (χ1n) is 9.82. The van der Waals surface area contributed by atoms with Crippen molar-refractivity contribution in [2.24, 2.45) is 4.99 Å². The molecule has 29 heavy (non-hydrogen) atoms. The molecule has 3 N–H and O–H groups in total. The van der Waals surface area contributed by atoms with Crippen LogP contribution in [0.1, 0.15) is 35.5 Å². The number of carbonyl (C=O) groups excluding carboxylic acids is 1. The van der Waals surface area contributed by atoms with Gasteiger partial charge in [0, 0.05) is 44.2 Å². The number of aliphatic imine (C=N–C) groups is 1. The fourth-order valence-electron chi connectivity index (χ4n) is 3.16. The lowest BCUT2D eigenvalue weighted by molar-refractivity contribution is 0.0926. The van der Waals surface area contributed by atoms with Crippen LogP contribution < -0.4 is 25.4 Å². The quantitative estimate of drug-likeness (QED) is 0.357. The summed E-state index contributed by atoms with van der Waals surface area (Å²) in [4.78, 5) is 16.1. The molecule has 1 amide bonds. The van der Waals surface area contributed by atoms with E-state index in [1.165, 1.54) is 11.8 Å². The van der Waals surface area contributed by atoms with Crippen molar-refractivity contribution >= 4 is 11.9 Å². The van der Waals surface area contributed by atoms with Crippen LogP contribution >= 0.6 is 0 Å². The van der Waals surface area contributed by atoms with Crippen LogP contribution in [0, 0.1) is 0 Å². The number of ether oxygens (including phenoxy) is 2. The Kier molecular flexibility index (Phi) is 6.99. The highest BCUT2D eigenvalue weighted by Gasteiger charge is 2.21. The van der Waals surface area contributed by atoms with Gasteiger partial charge in [-0.1, -0.05) is 0 Å². The lowest BCUT2D eigenvalue weighted by Crippen LogP contribution is -2.41. The second-order valence-electron chi connectivity index (χ2n) is 6.72. The van der Waals surface area contributed by atoms with Crippen LogP contribution in [-0.4, -0.2) is 44.7 Å². The summed E-state index contributed by atoms with van der Waals surface area (Å²) < 4.78 is 16.7. The van der Waals surface area contributed by atoms with Gasteiger partial charge in [0.25, 0.3) is 5.91 Å². The molecule has 3 rings (SSSR count). The molecule has 0 fully saturated rings. The molecular weight excluding hydrogens is 372 g/mol. The summed E-state index contributed by atoms with van der Waals surface area (Å²) in [7, 11) is 1.70. The topological polar surface area (TPSA) is 97.1 Å². The molecule has 2 heterocycles. The van der Waals surface area contributed by atoms with Gasteiger partial charge >= 0.3 is 0 Å². The molecule has 8 heteroatoms. The van der Waals surface area contributed by atoms with Crippen LogP contribution in [0.15, 0.2) is 39.9 Å². The van der Waals surface area contributed by atoms with Crippen molar-refractivity contribution < 1.29 is 18.7 Å². The zero-order chi connectivity index (χ0) is 20.6. The first kappa shape index (κ1) is 20.6. The van der Waals surface area contributed by atoms with E-state index in [-0.39, 0.29) is 12.0 Å². The molecule has 1 aliphatic rings. The normalized spacial score (nSPS) is 15.4. The summed E-state index contributed by atoms with van der Waals surface area (Å²) in [6.07, 6.45) is 2.56. The van der Waals surface area contributed by atoms with Gasteiger partial charge in [0.1, 0.15) is 17.6 Å². The number of nitrogens with zero attached hydrogens (tertiary/aromatic N) is 1. The Morgan fingerprint density at radius 1 is 1.28 bits per heavy atom. The summed E-state index contributed by atoms with van der Waals surface area (Å²) in [6.45, 7) is 6.14. The summed E-state index contributed by atoms with van der Waals surface area (Å²) in [6, 6.07) is 7.41. The SMILES string of the molecule is CCOc1cc2c(cc1CNC(=NC)NCCNC(=O)c1ccco1)OC(C)C2. The van der Waals surface area contributed by atoms with Gasteiger partial charge in [0.05, 0.1) is 12.9 Å². The van der Waals surface area contributed by atoms with Crippen LogP contribution in [0.25, 0.3) is 0 Å². The first-order valence-corrected chi connectivity index (χ1v) is 9.82. The smallest absolute Gasteiger partial charge is 0.287 e. The van der Waals surface area contributed by atoms with E-state index in [0.29, 0.717) is 38.0 Å². The van der Waals surface area contributed by atoms with Crippen molar-refractivity contribution in [2.45, 2.75) is 32.9 Å². The number of nitrogens with one attached hydrogen (secondary N) is 3. The maximum Gasteiger partial charge on any atom is 0.287 e. The Hall–Kier alpha value is -3.16. The van der Waals surface area contributed by atoms with E-state index in [9.17, 15) is 4.79 Å². The molecule has 0 saturated heterocycles. The van der Waals surface area contributed by atoms with Crippen LogP contribution in [0.2, 0.25) is 0 Å². The highest BCUT2D eigenvalue weighted by Crippen LogP contribution is 2.35. The van der Waals surface area contributed by atoms with Crippen LogP contribution in [-0.2, 0) is 13.0 Å². The Bertz CT molecular complexity index is 849. The van der Waals surface area contributed by atoms with Crippen LogP contribution in [0.3, 0.4) is 0 Å². The molecule has 2 aromatic rings. The number of hydrogen-bond acceptors (Lipinski definition) is 5. The third-order valence-corrected chi connectivity index (χ3v) is 4.50. The molecule has 156 valence electrons. The summed E-state index contributed by atoms with van der Waals surface area (Å²) in [5.74, 6) is 2.46. The van der Waals surface area contributed by atoms with Gasteiger partial charge in [-0.2, -0.15) is 0 Å². The average molecular weight is 400 g/mol. The van der Waals surface area contributed by atoms with Crippen molar-refractivity contribution in [3.63, 3.8) is 0 Å². The maximum atomic E-state index is 11.8. The second kappa shape index (κ2) is 9.86. The Balaban J connectivity index is 1.50. The van der Waals surface area contributed by atoms with Gasteiger partial charge in [0.15, 0.2) is 11.7 Å². The minimum Gasteiger partial charge on any atom is -0.494 e. The first-order chi connectivity index (χ1) is 14.1. The average Bonchev–Trinajstić information content (AvgIpc) is 3.36. The van der Waals surface area contributed by atoms with Crippen molar-refractivity contribution in [3.8, 4) is 11.5 Å².